The summed E-state index contributed by atoms with van der Waals surface area (Å²) in [4.78, 5) is 25.2. The maximum absolute atomic E-state index is 12.7. The van der Waals surface area contributed by atoms with Gasteiger partial charge in [-0.3, -0.25) is 9.59 Å². The molecule has 1 heterocycles. The lowest BCUT2D eigenvalue weighted by Crippen LogP contribution is -2.46. The topological polar surface area (TPSA) is 71.3 Å². The first-order valence-corrected chi connectivity index (χ1v) is 8.27. The number of amides is 2. The van der Waals surface area contributed by atoms with Crippen LogP contribution < -0.4 is 10.6 Å². The van der Waals surface area contributed by atoms with Crippen molar-refractivity contribution in [3.8, 4) is 0 Å². The monoisotopic (exact) mass is 340 g/mol. The third-order valence-electron chi connectivity index (χ3n) is 4.05. The van der Waals surface area contributed by atoms with Crippen molar-refractivity contribution in [1.29, 1.82) is 0 Å². The minimum Gasteiger partial charge on any atom is -0.465 e. The first-order valence-electron chi connectivity index (χ1n) is 8.27. The molecule has 0 atom stereocenters. The number of furan rings is 1. The van der Waals surface area contributed by atoms with Crippen LogP contribution in [0.4, 0.5) is 0 Å². The lowest BCUT2D eigenvalue weighted by Gasteiger charge is -2.25. The van der Waals surface area contributed by atoms with Gasteiger partial charge in [-0.2, -0.15) is 0 Å². The first-order chi connectivity index (χ1) is 11.8. The van der Waals surface area contributed by atoms with Gasteiger partial charge >= 0.3 is 0 Å². The minimum absolute atomic E-state index is 0.143. The highest BCUT2D eigenvalue weighted by Gasteiger charge is 2.22. The molecule has 132 valence electrons. The zero-order valence-electron chi connectivity index (χ0n) is 15.1. The molecule has 0 radical (unpaired) electrons. The SMILES string of the molecule is CCC(C)(C)NC(=O)/C(=C/c1ccco1)NC(=O)c1ccccc1C. The van der Waals surface area contributed by atoms with E-state index in [2.05, 4.69) is 10.6 Å². The highest BCUT2D eigenvalue weighted by Crippen LogP contribution is 2.13. The fourth-order valence-corrected chi connectivity index (χ4v) is 2.15. The number of carbonyl (C=O) groups excluding carboxylic acids is 2. The van der Waals surface area contributed by atoms with Gasteiger partial charge in [0.25, 0.3) is 11.8 Å². The second kappa shape index (κ2) is 7.83. The second-order valence-corrected chi connectivity index (χ2v) is 6.53. The van der Waals surface area contributed by atoms with Crippen LogP contribution in [-0.2, 0) is 4.79 Å². The molecule has 0 saturated carbocycles. The molecular formula is C20H24N2O3. The summed E-state index contributed by atoms with van der Waals surface area (Å²) in [7, 11) is 0. The molecule has 0 saturated heterocycles. The summed E-state index contributed by atoms with van der Waals surface area (Å²) in [6, 6.07) is 10.7. The molecule has 5 heteroatoms. The number of nitrogens with one attached hydrogen (secondary N) is 2. The molecule has 0 unspecified atom stereocenters. The van der Waals surface area contributed by atoms with Crippen molar-refractivity contribution >= 4 is 17.9 Å². The largest absolute Gasteiger partial charge is 0.465 e. The molecule has 2 N–H and O–H groups in total. The Morgan fingerprint density at radius 1 is 1.16 bits per heavy atom. The Morgan fingerprint density at radius 2 is 1.88 bits per heavy atom. The van der Waals surface area contributed by atoms with Crippen LogP contribution >= 0.6 is 0 Å². The van der Waals surface area contributed by atoms with Crippen LogP contribution in [0.2, 0.25) is 0 Å². The number of benzene rings is 1. The Kier molecular flexibility index (Phi) is 5.80. The summed E-state index contributed by atoms with van der Waals surface area (Å²) in [5.74, 6) is -0.199. The summed E-state index contributed by atoms with van der Waals surface area (Å²) in [6.45, 7) is 7.70. The highest BCUT2D eigenvalue weighted by molar-refractivity contribution is 6.05. The van der Waals surface area contributed by atoms with Crippen LogP contribution in [-0.4, -0.2) is 17.4 Å². The number of hydrogen-bond donors (Lipinski definition) is 2. The number of carbonyl (C=O) groups is 2. The Balaban J connectivity index is 2.28. The summed E-state index contributed by atoms with van der Waals surface area (Å²) < 4.78 is 5.27. The molecule has 0 spiro atoms. The van der Waals surface area contributed by atoms with Crippen molar-refractivity contribution in [2.75, 3.05) is 0 Å². The molecule has 0 aliphatic carbocycles. The van der Waals surface area contributed by atoms with E-state index in [9.17, 15) is 9.59 Å². The lowest BCUT2D eigenvalue weighted by molar-refractivity contribution is -0.119. The first kappa shape index (κ1) is 18.5. The molecule has 5 nitrogen and oxygen atoms in total. The summed E-state index contributed by atoms with van der Waals surface area (Å²) in [5.41, 5.74) is 1.12. The summed E-state index contributed by atoms with van der Waals surface area (Å²) >= 11 is 0. The molecule has 0 aliphatic heterocycles. The van der Waals surface area contributed by atoms with Crippen molar-refractivity contribution < 1.29 is 14.0 Å². The molecule has 2 rings (SSSR count). The van der Waals surface area contributed by atoms with Gasteiger partial charge < -0.3 is 15.1 Å². The van der Waals surface area contributed by atoms with Crippen molar-refractivity contribution in [2.24, 2.45) is 0 Å². The number of rotatable bonds is 6. The van der Waals surface area contributed by atoms with E-state index in [4.69, 9.17) is 4.42 Å². The molecule has 0 aliphatic rings. The lowest BCUT2D eigenvalue weighted by atomic mass is 10.0. The average molecular weight is 340 g/mol. The van der Waals surface area contributed by atoms with Gasteiger partial charge in [0.15, 0.2) is 0 Å². The Hall–Kier alpha value is -2.82. The van der Waals surface area contributed by atoms with Crippen LogP contribution in [0.15, 0.2) is 52.8 Å². The predicted octanol–water partition coefficient (Wildman–Crippen LogP) is 3.66. The molecule has 25 heavy (non-hydrogen) atoms. The fourth-order valence-electron chi connectivity index (χ4n) is 2.15. The second-order valence-electron chi connectivity index (χ2n) is 6.53. The van der Waals surface area contributed by atoms with Crippen LogP contribution in [0.1, 0.15) is 48.9 Å². The summed E-state index contributed by atoms with van der Waals surface area (Å²) in [6.07, 6.45) is 3.80. The molecule has 1 aromatic carbocycles. The minimum atomic E-state index is -0.382. The zero-order valence-corrected chi connectivity index (χ0v) is 15.1. The summed E-state index contributed by atoms with van der Waals surface area (Å²) in [5, 5.41) is 5.64. The molecule has 2 amide bonds. The quantitative estimate of drug-likeness (QED) is 0.788. The molecule has 1 aromatic heterocycles. The maximum Gasteiger partial charge on any atom is 0.268 e. The van der Waals surface area contributed by atoms with E-state index in [-0.39, 0.29) is 23.1 Å². The van der Waals surface area contributed by atoms with Gasteiger partial charge in [0.2, 0.25) is 0 Å². The molecule has 0 fully saturated rings. The third-order valence-corrected chi connectivity index (χ3v) is 4.05. The smallest absolute Gasteiger partial charge is 0.268 e. The predicted molar refractivity (Wildman–Crippen MR) is 97.8 cm³/mol. The van der Waals surface area contributed by atoms with Crippen molar-refractivity contribution in [3.63, 3.8) is 0 Å². The van der Waals surface area contributed by atoms with Gasteiger partial charge in [-0.05, 0) is 51.0 Å². The standard InChI is InChI=1S/C20H24N2O3/c1-5-20(3,4)22-19(24)17(13-15-10-8-12-25-15)21-18(23)16-11-7-6-9-14(16)2/h6-13H,5H2,1-4H3,(H,21,23)(H,22,24)/b17-13-. The Morgan fingerprint density at radius 3 is 2.48 bits per heavy atom. The van der Waals surface area contributed by atoms with Crippen LogP contribution in [0.3, 0.4) is 0 Å². The van der Waals surface area contributed by atoms with Crippen LogP contribution in [0.5, 0.6) is 0 Å². The normalized spacial score (nSPS) is 11.9. The zero-order chi connectivity index (χ0) is 18.4. The van der Waals surface area contributed by atoms with Gasteiger partial charge in [0.1, 0.15) is 11.5 Å². The van der Waals surface area contributed by atoms with Crippen molar-refractivity contribution in [3.05, 3.63) is 65.2 Å². The molecular weight excluding hydrogens is 316 g/mol. The van der Waals surface area contributed by atoms with E-state index in [1.807, 2.05) is 39.8 Å². The van der Waals surface area contributed by atoms with Gasteiger partial charge in [-0.25, -0.2) is 0 Å². The van der Waals surface area contributed by atoms with Crippen LogP contribution in [0, 0.1) is 6.92 Å². The number of aryl methyl sites for hydroxylation is 1. The van der Waals surface area contributed by atoms with E-state index in [0.717, 1.165) is 12.0 Å². The van der Waals surface area contributed by atoms with Gasteiger partial charge in [0.05, 0.1) is 6.26 Å². The molecule has 2 aromatic rings. The van der Waals surface area contributed by atoms with E-state index in [1.165, 1.54) is 12.3 Å². The third kappa shape index (κ3) is 5.08. The Bertz CT molecular complexity index is 774. The fraction of sp³-hybridized carbons (Fsp3) is 0.300. The van der Waals surface area contributed by atoms with E-state index >= 15 is 0 Å². The van der Waals surface area contributed by atoms with E-state index < -0.39 is 0 Å². The Labute approximate surface area is 148 Å². The van der Waals surface area contributed by atoms with Gasteiger partial charge in [-0.1, -0.05) is 25.1 Å². The van der Waals surface area contributed by atoms with Crippen molar-refractivity contribution in [1.82, 2.24) is 10.6 Å². The van der Waals surface area contributed by atoms with E-state index in [0.29, 0.717) is 11.3 Å². The average Bonchev–Trinajstić information content (AvgIpc) is 3.07. The molecule has 0 bridgehead atoms. The van der Waals surface area contributed by atoms with E-state index in [1.54, 1.807) is 24.3 Å². The number of hydrogen-bond acceptors (Lipinski definition) is 3. The van der Waals surface area contributed by atoms with Gasteiger partial charge in [0, 0.05) is 17.2 Å². The van der Waals surface area contributed by atoms with Gasteiger partial charge in [-0.15, -0.1) is 0 Å². The highest BCUT2D eigenvalue weighted by atomic mass is 16.3. The maximum atomic E-state index is 12.7. The van der Waals surface area contributed by atoms with Crippen molar-refractivity contribution in [2.45, 2.75) is 39.7 Å². The van der Waals surface area contributed by atoms with Crippen LogP contribution in [0.25, 0.3) is 6.08 Å².